The zero-order chi connectivity index (χ0) is 22.1. The van der Waals surface area contributed by atoms with E-state index in [0.717, 1.165) is 11.1 Å². The lowest BCUT2D eigenvalue weighted by atomic mass is 10.1. The molecule has 0 aromatic heterocycles. The number of methoxy groups -OCH3 is 1. The molecule has 1 N–H and O–H groups in total. The Labute approximate surface area is 179 Å². The molecular formula is C24H32N2O4. The van der Waals surface area contributed by atoms with Crippen molar-refractivity contribution in [2.24, 2.45) is 5.92 Å². The van der Waals surface area contributed by atoms with E-state index >= 15 is 0 Å². The zero-order valence-electron chi connectivity index (χ0n) is 18.5. The van der Waals surface area contributed by atoms with Crippen molar-refractivity contribution >= 4 is 11.8 Å². The second-order valence-corrected chi connectivity index (χ2v) is 7.70. The van der Waals surface area contributed by atoms with Crippen LogP contribution in [-0.2, 0) is 16.1 Å². The Morgan fingerprint density at radius 2 is 1.63 bits per heavy atom. The molecule has 0 fully saturated rings. The van der Waals surface area contributed by atoms with Gasteiger partial charge in [0.05, 0.1) is 7.11 Å². The number of rotatable bonds is 10. The molecular weight excluding hydrogens is 380 g/mol. The molecule has 0 aliphatic rings. The maximum atomic E-state index is 13.1. The number of benzene rings is 2. The van der Waals surface area contributed by atoms with Gasteiger partial charge in [-0.05, 0) is 43.0 Å². The molecule has 0 unspecified atom stereocenters. The number of nitrogens with one attached hydrogen (secondary N) is 1. The van der Waals surface area contributed by atoms with Gasteiger partial charge >= 0.3 is 0 Å². The minimum absolute atomic E-state index is 0.178. The summed E-state index contributed by atoms with van der Waals surface area (Å²) < 4.78 is 11.0. The van der Waals surface area contributed by atoms with E-state index in [9.17, 15) is 9.59 Å². The highest BCUT2D eigenvalue weighted by Gasteiger charge is 2.27. The van der Waals surface area contributed by atoms with Gasteiger partial charge in [0.1, 0.15) is 6.04 Å². The summed E-state index contributed by atoms with van der Waals surface area (Å²) in [6.45, 7) is 8.50. The third-order valence-electron chi connectivity index (χ3n) is 4.87. The van der Waals surface area contributed by atoms with Crippen molar-refractivity contribution in [1.29, 1.82) is 0 Å². The molecule has 0 aliphatic heterocycles. The third-order valence-corrected chi connectivity index (χ3v) is 4.87. The second kappa shape index (κ2) is 11.2. The average Bonchev–Trinajstić information content (AvgIpc) is 2.74. The van der Waals surface area contributed by atoms with Crippen LogP contribution in [0, 0.1) is 12.8 Å². The van der Waals surface area contributed by atoms with E-state index in [1.54, 1.807) is 31.1 Å². The Morgan fingerprint density at radius 3 is 2.27 bits per heavy atom. The molecule has 0 aliphatic carbocycles. The number of para-hydroxylation sites is 2. The van der Waals surface area contributed by atoms with Gasteiger partial charge in [-0.25, -0.2) is 0 Å². The average molecular weight is 413 g/mol. The van der Waals surface area contributed by atoms with Gasteiger partial charge in [0, 0.05) is 13.1 Å². The molecule has 162 valence electrons. The van der Waals surface area contributed by atoms with Crippen LogP contribution in [0.1, 0.15) is 31.9 Å². The van der Waals surface area contributed by atoms with E-state index in [2.05, 4.69) is 5.32 Å². The first-order valence-electron chi connectivity index (χ1n) is 10.2. The largest absolute Gasteiger partial charge is 0.493 e. The van der Waals surface area contributed by atoms with Crippen LogP contribution < -0.4 is 14.8 Å². The van der Waals surface area contributed by atoms with Crippen molar-refractivity contribution in [3.05, 3.63) is 59.7 Å². The molecule has 0 bridgehead atoms. The van der Waals surface area contributed by atoms with Crippen molar-refractivity contribution in [2.45, 2.75) is 40.3 Å². The molecule has 6 nitrogen and oxygen atoms in total. The van der Waals surface area contributed by atoms with Crippen LogP contribution in [0.15, 0.2) is 48.5 Å². The van der Waals surface area contributed by atoms with Gasteiger partial charge in [0.15, 0.2) is 18.1 Å². The first kappa shape index (κ1) is 23.3. The minimum Gasteiger partial charge on any atom is -0.493 e. The molecule has 2 rings (SSSR count). The van der Waals surface area contributed by atoms with E-state index < -0.39 is 6.04 Å². The van der Waals surface area contributed by atoms with Crippen LogP contribution in [0.2, 0.25) is 0 Å². The smallest absolute Gasteiger partial charge is 0.261 e. The van der Waals surface area contributed by atoms with Gasteiger partial charge in [-0.2, -0.15) is 0 Å². The van der Waals surface area contributed by atoms with Gasteiger partial charge in [0.25, 0.3) is 5.91 Å². The molecule has 0 saturated carbocycles. The van der Waals surface area contributed by atoms with Gasteiger partial charge < -0.3 is 19.7 Å². The number of amides is 2. The molecule has 6 heteroatoms. The summed E-state index contributed by atoms with van der Waals surface area (Å²) >= 11 is 0. The zero-order valence-corrected chi connectivity index (χ0v) is 18.5. The number of ether oxygens (including phenoxy) is 2. The van der Waals surface area contributed by atoms with E-state index in [1.165, 1.54) is 0 Å². The lowest BCUT2D eigenvalue weighted by molar-refractivity contribution is -0.142. The predicted octanol–water partition coefficient (Wildman–Crippen LogP) is 3.57. The SMILES string of the molecule is COc1ccccc1OCC(=O)N(Cc1ccccc1C)[C@@H](C)C(=O)NCC(C)C. The Bertz CT molecular complexity index is 851. The standard InChI is InChI=1S/C24H32N2O4/c1-17(2)14-25-24(28)19(4)26(15-20-11-7-6-10-18(20)3)23(27)16-30-22-13-9-8-12-21(22)29-5/h6-13,17,19H,14-16H2,1-5H3,(H,25,28)/t19-/m0/s1. The number of aryl methyl sites for hydroxylation is 1. The van der Waals surface area contributed by atoms with Crippen molar-refractivity contribution in [3.63, 3.8) is 0 Å². The molecule has 0 heterocycles. The summed E-state index contributed by atoms with van der Waals surface area (Å²) in [6.07, 6.45) is 0. The highest BCUT2D eigenvalue weighted by Crippen LogP contribution is 2.26. The van der Waals surface area contributed by atoms with Crippen LogP contribution in [-0.4, -0.2) is 43.0 Å². The van der Waals surface area contributed by atoms with Crippen molar-refractivity contribution in [1.82, 2.24) is 10.2 Å². The number of hydrogen-bond donors (Lipinski definition) is 1. The summed E-state index contributed by atoms with van der Waals surface area (Å²) in [6, 6.07) is 14.4. The Morgan fingerprint density at radius 1 is 1.00 bits per heavy atom. The molecule has 30 heavy (non-hydrogen) atoms. The maximum Gasteiger partial charge on any atom is 0.261 e. The van der Waals surface area contributed by atoms with Crippen LogP contribution in [0.5, 0.6) is 11.5 Å². The van der Waals surface area contributed by atoms with E-state index in [4.69, 9.17) is 9.47 Å². The highest BCUT2D eigenvalue weighted by molar-refractivity contribution is 5.88. The van der Waals surface area contributed by atoms with Crippen LogP contribution in [0.4, 0.5) is 0 Å². The predicted molar refractivity (Wildman–Crippen MR) is 118 cm³/mol. The molecule has 0 saturated heterocycles. The van der Waals surface area contributed by atoms with Crippen molar-refractivity contribution in [3.8, 4) is 11.5 Å². The number of carbonyl (C=O) groups excluding carboxylic acids is 2. The summed E-state index contributed by atoms with van der Waals surface area (Å²) in [5, 5.41) is 2.92. The minimum atomic E-state index is -0.628. The Balaban J connectivity index is 2.17. The fourth-order valence-corrected chi connectivity index (χ4v) is 2.97. The highest BCUT2D eigenvalue weighted by atomic mass is 16.5. The normalized spacial score (nSPS) is 11.7. The Kier molecular flexibility index (Phi) is 8.71. The van der Waals surface area contributed by atoms with E-state index in [0.29, 0.717) is 30.5 Å². The van der Waals surface area contributed by atoms with Crippen molar-refractivity contribution in [2.75, 3.05) is 20.3 Å². The summed E-state index contributed by atoms with van der Waals surface area (Å²) in [5.74, 6) is 0.925. The third kappa shape index (κ3) is 6.51. The van der Waals surface area contributed by atoms with Gasteiger partial charge in [0.2, 0.25) is 5.91 Å². The van der Waals surface area contributed by atoms with Crippen LogP contribution in [0.3, 0.4) is 0 Å². The van der Waals surface area contributed by atoms with E-state index in [-0.39, 0.29) is 18.4 Å². The summed E-state index contributed by atoms with van der Waals surface area (Å²) in [7, 11) is 1.55. The first-order chi connectivity index (χ1) is 14.3. The van der Waals surface area contributed by atoms with Crippen LogP contribution >= 0.6 is 0 Å². The number of nitrogens with zero attached hydrogens (tertiary/aromatic N) is 1. The lowest BCUT2D eigenvalue weighted by Crippen LogP contribution is -2.49. The summed E-state index contributed by atoms with van der Waals surface area (Å²) in [4.78, 5) is 27.3. The number of carbonyl (C=O) groups is 2. The fraction of sp³-hybridized carbons (Fsp3) is 0.417. The summed E-state index contributed by atoms with van der Waals surface area (Å²) in [5.41, 5.74) is 2.06. The van der Waals surface area contributed by atoms with Crippen molar-refractivity contribution < 1.29 is 19.1 Å². The second-order valence-electron chi connectivity index (χ2n) is 7.70. The molecule has 2 aromatic carbocycles. The number of hydrogen-bond acceptors (Lipinski definition) is 4. The molecule has 1 atom stereocenters. The van der Waals surface area contributed by atoms with Crippen LogP contribution in [0.25, 0.3) is 0 Å². The topological polar surface area (TPSA) is 67.9 Å². The monoisotopic (exact) mass is 412 g/mol. The van der Waals surface area contributed by atoms with Gasteiger partial charge in [-0.1, -0.05) is 50.2 Å². The molecule has 2 amide bonds. The molecule has 0 spiro atoms. The maximum absolute atomic E-state index is 13.1. The van der Waals surface area contributed by atoms with E-state index in [1.807, 2.05) is 57.2 Å². The molecule has 0 radical (unpaired) electrons. The van der Waals surface area contributed by atoms with Gasteiger partial charge in [-0.15, -0.1) is 0 Å². The fourth-order valence-electron chi connectivity index (χ4n) is 2.97. The lowest BCUT2D eigenvalue weighted by Gasteiger charge is -2.29. The first-order valence-corrected chi connectivity index (χ1v) is 10.2. The Hall–Kier alpha value is -3.02. The molecule has 2 aromatic rings. The van der Waals surface area contributed by atoms with Gasteiger partial charge in [-0.3, -0.25) is 9.59 Å². The quantitative estimate of drug-likeness (QED) is 0.648.